The Kier molecular flexibility index (Phi) is 3.86. The number of thiazole rings is 1. The van der Waals surface area contributed by atoms with Crippen LogP contribution in [0.25, 0.3) is 22.1 Å². The van der Waals surface area contributed by atoms with E-state index in [1.54, 1.807) is 22.6 Å². The molecule has 0 saturated heterocycles. The van der Waals surface area contributed by atoms with Crippen LogP contribution in [0.4, 0.5) is 0 Å². The van der Waals surface area contributed by atoms with Gasteiger partial charge in [-0.2, -0.15) is 0 Å². The van der Waals surface area contributed by atoms with Crippen molar-refractivity contribution in [2.75, 3.05) is 6.61 Å². The summed E-state index contributed by atoms with van der Waals surface area (Å²) in [4.78, 5) is 17.9. The highest BCUT2D eigenvalue weighted by molar-refractivity contribution is 7.15. The number of aromatic nitrogens is 2. The van der Waals surface area contributed by atoms with Gasteiger partial charge in [0.25, 0.3) is 5.56 Å². The lowest BCUT2D eigenvalue weighted by Crippen LogP contribution is -2.22. The molecular formula is C18H13ClN2O3S. The summed E-state index contributed by atoms with van der Waals surface area (Å²) in [7, 11) is 0. The number of aromatic hydroxyl groups is 1. The summed E-state index contributed by atoms with van der Waals surface area (Å²) < 4.78 is 7.53. The Bertz CT molecular complexity index is 1210. The topological polar surface area (TPSA) is 63.8 Å². The lowest BCUT2D eigenvalue weighted by molar-refractivity contribution is 0.318. The SMILES string of the molecule is CCOc1cc(C=c2sc3nc4ccccc4n3c2=O)cc(Cl)c1O. The summed E-state index contributed by atoms with van der Waals surface area (Å²) in [5, 5.41) is 10.1. The van der Waals surface area contributed by atoms with Crippen molar-refractivity contribution in [3.05, 3.63) is 61.9 Å². The number of fused-ring (bicyclic) bond motifs is 3. The van der Waals surface area contributed by atoms with Crippen molar-refractivity contribution in [3.63, 3.8) is 0 Å². The van der Waals surface area contributed by atoms with E-state index in [0.29, 0.717) is 27.4 Å². The lowest BCUT2D eigenvalue weighted by Gasteiger charge is -2.08. The second-order valence-electron chi connectivity index (χ2n) is 5.42. The molecule has 25 heavy (non-hydrogen) atoms. The molecule has 2 aromatic carbocycles. The average Bonchev–Trinajstić information content (AvgIpc) is 3.09. The highest BCUT2D eigenvalue weighted by atomic mass is 35.5. The summed E-state index contributed by atoms with van der Waals surface area (Å²) in [6.07, 6.45) is 1.73. The molecule has 0 spiro atoms. The van der Waals surface area contributed by atoms with E-state index in [9.17, 15) is 9.90 Å². The van der Waals surface area contributed by atoms with Gasteiger partial charge in [0.05, 0.1) is 27.2 Å². The van der Waals surface area contributed by atoms with Crippen molar-refractivity contribution in [1.82, 2.24) is 9.38 Å². The summed E-state index contributed by atoms with van der Waals surface area (Å²) in [5.74, 6) is 0.190. The number of ether oxygens (including phenoxy) is 1. The van der Waals surface area contributed by atoms with E-state index in [1.807, 2.05) is 31.2 Å². The molecule has 0 aliphatic heterocycles. The number of halogens is 1. The van der Waals surface area contributed by atoms with E-state index >= 15 is 0 Å². The smallest absolute Gasteiger partial charge is 0.274 e. The van der Waals surface area contributed by atoms with E-state index in [2.05, 4.69) is 4.98 Å². The molecule has 4 rings (SSSR count). The summed E-state index contributed by atoms with van der Waals surface area (Å²) >= 11 is 7.37. The van der Waals surface area contributed by atoms with Crippen LogP contribution in [0.5, 0.6) is 11.5 Å². The minimum atomic E-state index is -0.129. The van der Waals surface area contributed by atoms with Crippen molar-refractivity contribution < 1.29 is 9.84 Å². The highest BCUT2D eigenvalue weighted by Gasteiger charge is 2.12. The molecule has 0 unspecified atom stereocenters. The minimum absolute atomic E-state index is 0.102. The van der Waals surface area contributed by atoms with Crippen LogP contribution in [0.2, 0.25) is 5.02 Å². The van der Waals surface area contributed by atoms with Gasteiger partial charge in [0.2, 0.25) is 0 Å². The molecule has 0 amide bonds. The number of hydrogen-bond acceptors (Lipinski definition) is 5. The molecule has 4 aromatic rings. The van der Waals surface area contributed by atoms with Crippen LogP contribution < -0.4 is 14.8 Å². The zero-order valence-electron chi connectivity index (χ0n) is 13.2. The Labute approximate surface area is 151 Å². The van der Waals surface area contributed by atoms with Crippen LogP contribution in [0.1, 0.15) is 12.5 Å². The molecule has 0 aliphatic rings. The number of nitrogens with zero attached hydrogens (tertiary/aromatic N) is 2. The van der Waals surface area contributed by atoms with Gasteiger partial charge in [-0.3, -0.25) is 4.79 Å². The maximum absolute atomic E-state index is 12.8. The largest absolute Gasteiger partial charge is 0.503 e. The number of phenols is 1. The normalized spacial score (nSPS) is 12.3. The van der Waals surface area contributed by atoms with Crippen LogP contribution >= 0.6 is 22.9 Å². The third-order valence-electron chi connectivity index (χ3n) is 3.79. The lowest BCUT2D eigenvalue weighted by atomic mass is 10.2. The monoisotopic (exact) mass is 372 g/mol. The first kappa shape index (κ1) is 15.9. The van der Waals surface area contributed by atoms with E-state index in [-0.39, 0.29) is 16.3 Å². The van der Waals surface area contributed by atoms with Crippen LogP contribution in [0, 0.1) is 0 Å². The maximum atomic E-state index is 12.8. The van der Waals surface area contributed by atoms with Crippen LogP contribution in [0.3, 0.4) is 0 Å². The average molecular weight is 373 g/mol. The Morgan fingerprint density at radius 2 is 2.16 bits per heavy atom. The summed E-state index contributed by atoms with van der Waals surface area (Å²) in [6, 6.07) is 10.8. The molecule has 0 radical (unpaired) electrons. The van der Waals surface area contributed by atoms with Gasteiger partial charge in [0, 0.05) is 0 Å². The van der Waals surface area contributed by atoms with Crippen LogP contribution in [-0.4, -0.2) is 21.1 Å². The van der Waals surface area contributed by atoms with Crippen molar-refractivity contribution in [1.29, 1.82) is 0 Å². The van der Waals surface area contributed by atoms with E-state index < -0.39 is 0 Å². The molecule has 1 N–H and O–H groups in total. The second kappa shape index (κ2) is 6.06. The van der Waals surface area contributed by atoms with Crippen molar-refractivity contribution in [2.45, 2.75) is 6.92 Å². The van der Waals surface area contributed by atoms with Crippen molar-refractivity contribution in [3.8, 4) is 11.5 Å². The van der Waals surface area contributed by atoms with Crippen LogP contribution in [0.15, 0.2) is 41.2 Å². The zero-order valence-corrected chi connectivity index (χ0v) is 14.8. The van der Waals surface area contributed by atoms with E-state index in [1.165, 1.54) is 11.3 Å². The first-order valence-corrected chi connectivity index (χ1v) is 8.85. The molecule has 7 heteroatoms. The quantitative estimate of drug-likeness (QED) is 0.599. The fraction of sp³-hybridized carbons (Fsp3) is 0.111. The first-order chi connectivity index (χ1) is 12.1. The van der Waals surface area contributed by atoms with E-state index in [0.717, 1.165) is 11.0 Å². The van der Waals surface area contributed by atoms with Crippen molar-refractivity contribution in [2.24, 2.45) is 0 Å². The molecule has 0 aliphatic carbocycles. The molecule has 2 aromatic heterocycles. The molecule has 126 valence electrons. The summed E-state index contributed by atoms with van der Waals surface area (Å²) in [5.41, 5.74) is 2.13. The Balaban J connectivity index is 1.93. The zero-order chi connectivity index (χ0) is 17.6. The number of phenolic OH excluding ortho intramolecular Hbond substituents is 1. The third-order valence-corrected chi connectivity index (χ3v) is 5.05. The maximum Gasteiger partial charge on any atom is 0.274 e. The molecule has 0 bridgehead atoms. The fourth-order valence-electron chi connectivity index (χ4n) is 2.71. The van der Waals surface area contributed by atoms with Gasteiger partial charge in [0.1, 0.15) is 0 Å². The Hall–Kier alpha value is -2.57. The third kappa shape index (κ3) is 2.63. The molecule has 2 heterocycles. The fourth-order valence-corrected chi connectivity index (χ4v) is 3.91. The predicted molar refractivity (Wildman–Crippen MR) is 99.9 cm³/mol. The number of para-hydroxylation sites is 2. The standard InChI is InChI=1S/C18H13ClN2O3S/c1-2-24-14-8-10(7-11(19)16(14)22)9-15-17(23)21-13-6-4-3-5-12(13)20-18(21)25-15/h3-9,22H,2H2,1H3. The van der Waals surface area contributed by atoms with Gasteiger partial charge in [0.15, 0.2) is 16.5 Å². The highest BCUT2D eigenvalue weighted by Crippen LogP contribution is 2.35. The Morgan fingerprint density at radius 1 is 1.36 bits per heavy atom. The molecule has 0 fully saturated rings. The van der Waals surface area contributed by atoms with Gasteiger partial charge in [-0.05, 0) is 42.8 Å². The molecule has 5 nitrogen and oxygen atoms in total. The number of imidazole rings is 1. The van der Waals surface area contributed by atoms with Gasteiger partial charge in [-0.25, -0.2) is 9.38 Å². The van der Waals surface area contributed by atoms with Gasteiger partial charge >= 0.3 is 0 Å². The molecular weight excluding hydrogens is 360 g/mol. The predicted octanol–water partition coefficient (Wildman–Crippen LogP) is 3.21. The van der Waals surface area contributed by atoms with Gasteiger partial charge in [-0.1, -0.05) is 35.1 Å². The molecule has 0 saturated carbocycles. The van der Waals surface area contributed by atoms with Crippen LogP contribution in [-0.2, 0) is 0 Å². The number of benzene rings is 2. The number of hydrogen-bond donors (Lipinski definition) is 1. The van der Waals surface area contributed by atoms with E-state index in [4.69, 9.17) is 16.3 Å². The Morgan fingerprint density at radius 3 is 2.96 bits per heavy atom. The van der Waals surface area contributed by atoms with Gasteiger partial charge in [-0.15, -0.1) is 0 Å². The van der Waals surface area contributed by atoms with Crippen molar-refractivity contribution >= 4 is 45.0 Å². The summed E-state index contributed by atoms with van der Waals surface area (Å²) in [6.45, 7) is 2.22. The molecule has 0 atom stereocenters. The second-order valence-corrected chi connectivity index (χ2v) is 6.83. The van der Waals surface area contributed by atoms with Gasteiger partial charge < -0.3 is 9.84 Å². The minimum Gasteiger partial charge on any atom is -0.503 e. The number of rotatable bonds is 3. The first-order valence-electron chi connectivity index (χ1n) is 7.65.